The third-order valence-electron chi connectivity index (χ3n) is 3.11. The minimum Gasteiger partial charge on any atom is -0.294 e. The van der Waals surface area contributed by atoms with E-state index in [2.05, 4.69) is 13.8 Å². The lowest BCUT2D eigenvalue weighted by Gasteiger charge is -2.11. The van der Waals surface area contributed by atoms with Gasteiger partial charge in [0.2, 0.25) is 0 Å². The largest absolute Gasteiger partial charge is 0.294 e. The molecule has 16 heavy (non-hydrogen) atoms. The molecule has 0 amide bonds. The van der Waals surface area contributed by atoms with Gasteiger partial charge in [-0.3, -0.25) is 4.79 Å². The van der Waals surface area contributed by atoms with E-state index in [9.17, 15) is 4.79 Å². The van der Waals surface area contributed by atoms with Gasteiger partial charge >= 0.3 is 0 Å². The second-order valence-electron chi connectivity index (χ2n) is 4.27. The van der Waals surface area contributed by atoms with Crippen LogP contribution in [-0.2, 0) is 0 Å². The van der Waals surface area contributed by atoms with E-state index in [0.29, 0.717) is 12.3 Å². The molecule has 0 spiro atoms. The molecule has 0 radical (unpaired) electrons. The zero-order chi connectivity index (χ0) is 12.1. The van der Waals surface area contributed by atoms with Crippen molar-refractivity contribution in [3.63, 3.8) is 0 Å². The summed E-state index contributed by atoms with van der Waals surface area (Å²) in [5.74, 6) is 0.733. The number of ketones is 1. The number of benzene rings is 1. The van der Waals surface area contributed by atoms with Crippen LogP contribution in [0.5, 0.6) is 0 Å². The van der Waals surface area contributed by atoms with Crippen LogP contribution in [0.15, 0.2) is 18.2 Å². The molecule has 0 bridgehead atoms. The first-order valence-electron chi connectivity index (χ1n) is 5.87. The Hall–Kier alpha value is -0.820. The van der Waals surface area contributed by atoms with Crippen molar-refractivity contribution in [2.75, 3.05) is 0 Å². The summed E-state index contributed by atoms with van der Waals surface area (Å²) in [4.78, 5) is 12.0. The molecule has 2 heteroatoms. The van der Waals surface area contributed by atoms with Crippen molar-refractivity contribution in [1.82, 2.24) is 0 Å². The summed E-state index contributed by atoms with van der Waals surface area (Å²) in [5.41, 5.74) is 1.76. The quantitative estimate of drug-likeness (QED) is 0.682. The fourth-order valence-electron chi connectivity index (χ4n) is 1.78. The molecule has 0 unspecified atom stereocenters. The van der Waals surface area contributed by atoms with Crippen molar-refractivity contribution in [2.45, 2.75) is 40.0 Å². The van der Waals surface area contributed by atoms with E-state index in [-0.39, 0.29) is 5.78 Å². The first kappa shape index (κ1) is 13.2. The van der Waals surface area contributed by atoms with Crippen molar-refractivity contribution in [1.29, 1.82) is 0 Å². The van der Waals surface area contributed by atoms with Crippen molar-refractivity contribution in [3.8, 4) is 0 Å². The van der Waals surface area contributed by atoms with Crippen LogP contribution in [-0.4, -0.2) is 5.78 Å². The highest BCUT2D eigenvalue weighted by Crippen LogP contribution is 2.20. The van der Waals surface area contributed by atoms with Crippen molar-refractivity contribution in [2.24, 2.45) is 5.92 Å². The van der Waals surface area contributed by atoms with Gasteiger partial charge in [-0.05, 0) is 36.6 Å². The predicted molar refractivity (Wildman–Crippen MR) is 69.2 cm³/mol. The highest BCUT2D eigenvalue weighted by atomic mass is 35.5. The number of carbonyl (C=O) groups is 1. The molecule has 0 aliphatic carbocycles. The molecule has 1 rings (SSSR count). The predicted octanol–water partition coefficient (Wildman–Crippen LogP) is 4.66. The standard InChI is InChI=1S/C14H19ClO/c1-4-11(5-2)9-14(16)12-6-7-13(15)10(3)8-12/h6-8,11H,4-5,9H2,1-3H3. The van der Waals surface area contributed by atoms with E-state index in [1.54, 1.807) is 6.07 Å². The lowest BCUT2D eigenvalue weighted by molar-refractivity contribution is 0.0958. The smallest absolute Gasteiger partial charge is 0.163 e. The Morgan fingerprint density at radius 3 is 2.44 bits per heavy atom. The summed E-state index contributed by atoms with van der Waals surface area (Å²) >= 11 is 5.93. The van der Waals surface area contributed by atoms with Crippen LogP contribution in [0.1, 0.15) is 49.0 Å². The van der Waals surface area contributed by atoms with Crippen molar-refractivity contribution < 1.29 is 4.79 Å². The molecule has 0 heterocycles. The van der Waals surface area contributed by atoms with Crippen LogP contribution in [0.25, 0.3) is 0 Å². The summed E-state index contributed by atoms with van der Waals surface area (Å²) in [6.07, 6.45) is 2.78. The molecule has 88 valence electrons. The third kappa shape index (κ3) is 3.34. The van der Waals surface area contributed by atoms with Crippen molar-refractivity contribution in [3.05, 3.63) is 34.3 Å². The van der Waals surface area contributed by atoms with Gasteiger partial charge in [0.25, 0.3) is 0 Å². The lowest BCUT2D eigenvalue weighted by atomic mass is 9.93. The third-order valence-corrected chi connectivity index (χ3v) is 3.53. The number of rotatable bonds is 5. The maximum Gasteiger partial charge on any atom is 0.163 e. The minimum absolute atomic E-state index is 0.230. The number of aryl methyl sites for hydroxylation is 1. The Labute approximate surface area is 103 Å². The second-order valence-corrected chi connectivity index (χ2v) is 4.68. The molecule has 1 aromatic rings. The van der Waals surface area contributed by atoms with Gasteiger partial charge in [-0.1, -0.05) is 38.3 Å². The van der Waals surface area contributed by atoms with Crippen LogP contribution in [0.2, 0.25) is 5.02 Å². The van der Waals surface area contributed by atoms with E-state index in [1.807, 2.05) is 19.1 Å². The molecule has 0 N–H and O–H groups in total. The summed E-state index contributed by atoms with van der Waals surface area (Å²) in [5, 5.41) is 0.721. The van der Waals surface area contributed by atoms with Crippen LogP contribution in [0, 0.1) is 12.8 Å². The average molecular weight is 239 g/mol. The molecule has 0 fully saturated rings. The maximum absolute atomic E-state index is 12.0. The molecule has 1 aromatic carbocycles. The van der Waals surface area contributed by atoms with Crippen LogP contribution in [0.3, 0.4) is 0 Å². The van der Waals surface area contributed by atoms with E-state index in [4.69, 9.17) is 11.6 Å². The summed E-state index contributed by atoms with van der Waals surface area (Å²) in [6.45, 7) is 6.19. The monoisotopic (exact) mass is 238 g/mol. The Morgan fingerprint density at radius 1 is 1.31 bits per heavy atom. The van der Waals surface area contributed by atoms with E-state index >= 15 is 0 Å². The number of Topliss-reactive ketones (excluding diaryl/α,β-unsaturated/α-hetero) is 1. The fourth-order valence-corrected chi connectivity index (χ4v) is 1.89. The van der Waals surface area contributed by atoms with E-state index < -0.39 is 0 Å². The van der Waals surface area contributed by atoms with Crippen LogP contribution >= 0.6 is 11.6 Å². The molecule has 0 saturated carbocycles. The highest BCUT2D eigenvalue weighted by molar-refractivity contribution is 6.31. The molecule has 0 aliphatic rings. The number of hydrogen-bond acceptors (Lipinski definition) is 1. The van der Waals surface area contributed by atoms with Gasteiger partial charge in [0.1, 0.15) is 0 Å². The summed E-state index contributed by atoms with van der Waals surface area (Å²) in [7, 11) is 0. The topological polar surface area (TPSA) is 17.1 Å². The minimum atomic E-state index is 0.230. The molecule has 0 aromatic heterocycles. The lowest BCUT2D eigenvalue weighted by Crippen LogP contribution is -2.07. The zero-order valence-corrected chi connectivity index (χ0v) is 11.0. The Morgan fingerprint density at radius 2 is 1.94 bits per heavy atom. The first-order chi connectivity index (χ1) is 7.58. The van der Waals surface area contributed by atoms with Gasteiger partial charge < -0.3 is 0 Å². The highest BCUT2D eigenvalue weighted by Gasteiger charge is 2.12. The Bertz CT molecular complexity index is 367. The van der Waals surface area contributed by atoms with Gasteiger partial charge in [-0.15, -0.1) is 0 Å². The van der Waals surface area contributed by atoms with E-state index in [1.165, 1.54) is 0 Å². The average Bonchev–Trinajstić information content (AvgIpc) is 2.29. The fraction of sp³-hybridized carbons (Fsp3) is 0.500. The molecular formula is C14H19ClO. The van der Waals surface area contributed by atoms with Gasteiger partial charge in [-0.2, -0.15) is 0 Å². The Balaban J connectivity index is 2.76. The van der Waals surface area contributed by atoms with Crippen LogP contribution < -0.4 is 0 Å². The SMILES string of the molecule is CCC(CC)CC(=O)c1ccc(Cl)c(C)c1. The second kappa shape index (κ2) is 6.05. The molecule has 0 atom stereocenters. The summed E-state index contributed by atoms with van der Waals surface area (Å²) < 4.78 is 0. The molecule has 0 aliphatic heterocycles. The zero-order valence-electron chi connectivity index (χ0n) is 10.2. The van der Waals surface area contributed by atoms with Gasteiger partial charge in [0.05, 0.1) is 0 Å². The number of halogens is 1. The molecule has 1 nitrogen and oxygen atoms in total. The van der Waals surface area contributed by atoms with Crippen molar-refractivity contribution >= 4 is 17.4 Å². The first-order valence-corrected chi connectivity index (χ1v) is 6.25. The number of hydrogen-bond donors (Lipinski definition) is 0. The Kier molecular flexibility index (Phi) is 5.01. The van der Waals surface area contributed by atoms with Gasteiger partial charge in [-0.25, -0.2) is 0 Å². The molecule has 0 saturated heterocycles. The van der Waals surface area contributed by atoms with Gasteiger partial charge in [0, 0.05) is 17.0 Å². The molecular weight excluding hydrogens is 220 g/mol. The maximum atomic E-state index is 12.0. The van der Waals surface area contributed by atoms with Gasteiger partial charge in [0.15, 0.2) is 5.78 Å². The van der Waals surface area contributed by atoms with E-state index in [0.717, 1.165) is 29.0 Å². The summed E-state index contributed by atoms with van der Waals surface area (Å²) in [6, 6.07) is 5.50. The number of carbonyl (C=O) groups excluding carboxylic acids is 1. The normalized spacial score (nSPS) is 10.8. The van der Waals surface area contributed by atoms with Crippen LogP contribution in [0.4, 0.5) is 0 Å².